The van der Waals surface area contributed by atoms with Gasteiger partial charge in [0.2, 0.25) is 0 Å². The standard InChI is InChI=1S/C12H18N2O3/c1-3-4-5-10(12(16)17)14-11(15)9-7-13-6-8(9)2/h6-7,10,13H,3-5H2,1-2H3,(H,14,15)(H,16,17)/t10-/m0/s1. The molecule has 0 aliphatic rings. The van der Waals surface area contributed by atoms with Gasteiger partial charge in [-0.15, -0.1) is 0 Å². The Labute approximate surface area is 100 Å². The first-order valence-corrected chi connectivity index (χ1v) is 5.73. The smallest absolute Gasteiger partial charge is 0.326 e. The maximum Gasteiger partial charge on any atom is 0.326 e. The zero-order valence-corrected chi connectivity index (χ0v) is 10.1. The molecule has 0 spiro atoms. The predicted octanol–water partition coefficient (Wildman–Crippen LogP) is 1.70. The lowest BCUT2D eigenvalue weighted by Crippen LogP contribution is -2.40. The Hall–Kier alpha value is -1.78. The molecule has 1 amide bonds. The highest BCUT2D eigenvalue weighted by Gasteiger charge is 2.20. The lowest BCUT2D eigenvalue weighted by Gasteiger charge is -2.13. The minimum absolute atomic E-state index is 0.341. The number of hydrogen-bond acceptors (Lipinski definition) is 2. The maximum atomic E-state index is 11.8. The Morgan fingerprint density at radius 2 is 2.18 bits per heavy atom. The van der Waals surface area contributed by atoms with Gasteiger partial charge in [-0.25, -0.2) is 4.79 Å². The molecule has 1 rings (SSSR count). The molecule has 0 saturated carbocycles. The molecule has 94 valence electrons. The van der Waals surface area contributed by atoms with E-state index in [9.17, 15) is 9.59 Å². The van der Waals surface area contributed by atoms with Crippen LogP contribution < -0.4 is 5.32 Å². The molecule has 0 aliphatic heterocycles. The van der Waals surface area contributed by atoms with Gasteiger partial charge in [0.1, 0.15) is 6.04 Å². The largest absolute Gasteiger partial charge is 0.480 e. The molecule has 17 heavy (non-hydrogen) atoms. The van der Waals surface area contributed by atoms with E-state index in [0.717, 1.165) is 18.4 Å². The molecule has 1 atom stereocenters. The number of aromatic amines is 1. The van der Waals surface area contributed by atoms with Gasteiger partial charge in [-0.3, -0.25) is 4.79 Å². The van der Waals surface area contributed by atoms with Crippen LogP contribution in [-0.4, -0.2) is 28.0 Å². The van der Waals surface area contributed by atoms with Crippen LogP contribution >= 0.6 is 0 Å². The van der Waals surface area contributed by atoms with Crippen LogP contribution in [0.3, 0.4) is 0 Å². The third-order valence-electron chi connectivity index (χ3n) is 2.65. The van der Waals surface area contributed by atoms with Gasteiger partial charge >= 0.3 is 5.97 Å². The Morgan fingerprint density at radius 3 is 2.65 bits per heavy atom. The number of amides is 1. The number of aliphatic carboxylic acids is 1. The average molecular weight is 238 g/mol. The van der Waals surface area contributed by atoms with E-state index < -0.39 is 12.0 Å². The molecule has 0 fully saturated rings. The number of carbonyl (C=O) groups is 2. The van der Waals surface area contributed by atoms with Gasteiger partial charge in [-0.05, 0) is 18.9 Å². The van der Waals surface area contributed by atoms with Crippen LogP contribution in [0.1, 0.15) is 42.1 Å². The number of rotatable bonds is 6. The summed E-state index contributed by atoms with van der Waals surface area (Å²) in [7, 11) is 0. The molecule has 1 aromatic rings. The summed E-state index contributed by atoms with van der Waals surface area (Å²) in [5, 5.41) is 11.5. The second-order valence-corrected chi connectivity index (χ2v) is 4.06. The molecule has 0 bridgehead atoms. The van der Waals surface area contributed by atoms with Crippen molar-refractivity contribution >= 4 is 11.9 Å². The number of carbonyl (C=O) groups excluding carboxylic acids is 1. The minimum Gasteiger partial charge on any atom is -0.480 e. The van der Waals surface area contributed by atoms with Crippen LogP contribution in [0, 0.1) is 6.92 Å². The number of unbranched alkanes of at least 4 members (excludes halogenated alkanes) is 1. The number of hydrogen-bond donors (Lipinski definition) is 3. The van der Waals surface area contributed by atoms with E-state index in [1.54, 1.807) is 19.3 Å². The van der Waals surface area contributed by atoms with Gasteiger partial charge in [0, 0.05) is 12.4 Å². The van der Waals surface area contributed by atoms with Gasteiger partial charge in [-0.1, -0.05) is 19.8 Å². The average Bonchev–Trinajstić information content (AvgIpc) is 2.70. The lowest BCUT2D eigenvalue weighted by molar-refractivity contribution is -0.139. The van der Waals surface area contributed by atoms with Crippen molar-refractivity contribution in [3.05, 3.63) is 23.5 Å². The van der Waals surface area contributed by atoms with E-state index in [0.29, 0.717) is 12.0 Å². The second-order valence-electron chi connectivity index (χ2n) is 4.06. The first kappa shape index (κ1) is 13.3. The van der Waals surface area contributed by atoms with E-state index in [1.165, 1.54) is 0 Å². The Bertz CT molecular complexity index is 398. The summed E-state index contributed by atoms with van der Waals surface area (Å²) < 4.78 is 0. The summed E-state index contributed by atoms with van der Waals surface area (Å²) in [6, 6.07) is -0.809. The van der Waals surface area contributed by atoms with Crippen molar-refractivity contribution < 1.29 is 14.7 Å². The fourth-order valence-corrected chi connectivity index (χ4v) is 1.59. The summed E-state index contributed by atoms with van der Waals surface area (Å²) in [5.41, 5.74) is 1.30. The van der Waals surface area contributed by atoms with Gasteiger partial charge < -0.3 is 15.4 Å². The lowest BCUT2D eigenvalue weighted by atomic mass is 10.1. The van der Waals surface area contributed by atoms with E-state index in [-0.39, 0.29) is 5.91 Å². The zero-order chi connectivity index (χ0) is 12.8. The molecule has 0 saturated heterocycles. The highest BCUT2D eigenvalue weighted by Crippen LogP contribution is 2.07. The van der Waals surface area contributed by atoms with Crippen LogP contribution in [0.25, 0.3) is 0 Å². The summed E-state index contributed by atoms with van der Waals surface area (Å²) in [4.78, 5) is 25.6. The molecule has 5 heteroatoms. The minimum atomic E-state index is -0.986. The van der Waals surface area contributed by atoms with Crippen molar-refractivity contribution in [3.8, 4) is 0 Å². The Balaban J connectivity index is 2.64. The monoisotopic (exact) mass is 238 g/mol. The molecule has 3 N–H and O–H groups in total. The van der Waals surface area contributed by atoms with Crippen molar-refractivity contribution in [2.24, 2.45) is 0 Å². The van der Waals surface area contributed by atoms with Gasteiger partial charge in [-0.2, -0.15) is 0 Å². The van der Waals surface area contributed by atoms with E-state index >= 15 is 0 Å². The number of carboxylic acids is 1. The zero-order valence-electron chi connectivity index (χ0n) is 10.1. The number of carboxylic acid groups (broad SMARTS) is 1. The van der Waals surface area contributed by atoms with Crippen LogP contribution in [0.4, 0.5) is 0 Å². The molecule has 1 heterocycles. The molecule has 0 radical (unpaired) electrons. The topological polar surface area (TPSA) is 82.2 Å². The molecule has 0 aliphatic carbocycles. The van der Waals surface area contributed by atoms with Crippen LogP contribution in [0.2, 0.25) is 0 Å². The summed E-state index contributed by atoms with van der Waals surface area (Å²) in [6.45, 7) is 3.78. The maximum absolute atomic E-state index is 11.8. The van der Waals surface area contributed by atoms with Crippen LogP contribution in [0.5, 0.6) is 0 Å². The Kier molecular flexibility index (Phi) is 4.75. The van der Waals surface area contributed by atoms with E-state index in [4.69, 9.17) is 5.11 Å². The van der Waals surface area contributed by atoms with Gasteiger partial charge in [0.15, 0.2) is 0 Å². The molecular weight excluding hydrogens is 220 g/mol. The highest BCUT2D eigenvalue weighted by atomic mass is 16.4. The predicted molar refractivity (Wildman–Crippen MR) is 63.9 cm³/mol. The molecule has 0 aromatic carbocycles. The normalized spacial score (nSPS) is 12.1. The molecule has 1 aromatic heterocycles. The quantitative estimate of drug-likeness (QED) is 0.705. The van der Waals surface area contributed by atoms with Crippen LogP contribution in [0.15, 0.2) is 12.4 Å². The summed E-state index contributed by atoms with van der Waals surface area (Å²) in [5.74, 6) is -1.33. The fraction of sp³-hybridized carbons (Fsp3) is 0.500. The summed E-state index contributed by atoms with van der Waals surface area (Å²) in [6.07, 6.45) is 5.42. The fourth-order valence-electron chi connectivity index (χ4n) is 1.59. The second kappa shape index (κ2) is 6.08. The first-order chi connectivity index (χ1) is 8.06. The van der Waals surface area contributed by atoms with Crippen LogP contribution in [-0.2, 0) is 4.79 Å². The number of aryl methyl sites for hydroxylation is 1. The van der Waals surface area contributed by atoms with Gasteiger partial charge in [0.05, 0.1) is 5.56 Å². The van der Waals surface area contributed by atoms with Crippen molar-refractivity contribution in [2.45, 2.75) is 39.2 Å². The SMILES string of the molecule is CCCC[C@H](NC(=O)c1c[nH]cc1C)C(=O)O. The van der Waals surface area contributed by atoms with Crippen molar-refractivity contribution in [1.82, 2.24) is 10.3 Å². The van der Waals surface area contributed by atoms with Gasteiger partial charge in [0.25, 0.3) is 5.91 Å². The van der Waals surface area contributed by atoms with Crippen molar-refractivity contribution in [1.29, 1.82) is 0 Å². The third-order valence-corrected chi connectivity index (χ3v) is 2.65. The third kappa shape index (κ3) is 3.62. The van der Waals surface area contributed by atoms with E-state index in [1.807, 2.05) is 6.92 Å². The number of H-pyrrole nitrogens is 1. The molecule has 0 unspecified atom stereocenters. The summed E-state index contributed by atoms with van der Waals surface area (Å²) >= 11 is 0. The highest BCUT2D eigenvalue weighted by molar-refractivity contribution is 5.97. The van der Waals surface area contributed by atoms with E-state index in [2.05, 4.69) is 10.3 Å². The number of nitrogens with one attached hydrogen (secondary N) is 2. The number of aromatic nitrogens is 1. The molecular formula is C12H18N2O3. The van der Waals surface area contributed by atoms with Crippen molar-refractivity contribution in [3.63, 3.8) is 0 Å². The first-order valence-electron chi connectivity index (χ1n) is 5.73. The Morgan fingerprint density at radius 1 is 1.47 bits per heavy atom. The molecule has 5 nitrogen and oxygen atoms in total. The van der Waals surface area contributed by atoms with Crippen molar-refractivity contribution in [2.75, 3.05) is 0 Å².